The molecule has 1 aromatic carbocycles. The molecule has 126 valence electrons. The van der Waals surface area contributed by atoms with Crippen LogP contribution in [0.5, 0.6) is 0 Å². The SMILES string of the molecule is O=C1CC(c2noc(-c3ccc[nH]c3=O)n2)CN1Cc1ccccc1. The summed E-state index contributed by atoms with van der Waals surface area (Å²) < 4.78 is 5.22. The highest BCUT2D eigenvalue weighted by Gasteiger charge is 2.33. The van der Waals surface area contributed by atoms with E-state index < -0.39 is 0 Å². The Morgan fingerprint density at radius 3 is 2.80 bits per heavy atom. The summed E-state index contributed by atoms with van der Waals surface area (Å²) in [5, 5.41) is 3.97. The highest BCUT2D eigenvalue weighted by atomic mass is 16.5. The summed E-state index contributed by atoms with van der Waals surface area (Å²) in [6.45, 7) is 1.11. The van der Waals surface area contributed by atoms with Crippen LogP contribution in [0.2, 0.25) is 0 Å². The molecule has 1 N–H and O–H groups in total. The Bertz CT molecular complexity index is 948. The minimum absolute atomic E-state index is 0.0674. The molecule has 2 aromatic heterocycles. The lowest BCUT2D eigenvalue weighted by molar-refractivity contribution is -0.128. The first-order valence-electron chi connectivity index (χ1n) is 8.04. The van der Waals surface area contributed by atoms with E-state index in [9.17, 15) is 9.59 Å². The molecular weight excluding hydrogens is 320 g/mol. The number of aromatic amines is 1. The number of rotatable bonds is 4. The van der Waals surface area contributed by atoms with E-state index in [2.05, 4.69) is 15.1 Å². The molecule has 7 nitrogen and oxygen atoms in total. The van der Waals surface area contributed by atoms with Gasteiger partial charge < -0.3 is 14.4 Å². The van der Waals surface area contributed by atoms with E-state index in [1.807, 2.05) is 30.3 Å². The quantitative estimate of drug-likeness (QED) is 0.786. The molecule has 1 amide bonds. The monoisotopic (exact) mass is 336 g/mol. The zero-order chi connectivity index (χ0) is 17.2. The van der Waals surface area contributed by atoms with Gasteiger partial charge in [0.25, 0.3) is 11.4 Å². The number of H-pyrrole nitrogens is 1. The third-order valence-electron chi connectivity index (χ3n) is 4.29. The number of nitrogens with one attached hydrogen (secondary N) is 1. The maximum absolute atomic E-state index is 12.3. The average Bonchev–Trinajstić information content (AvgIpc) is 3.24. The summed E-state index contributed by atoms with van der Waals surface area (Å²) in [4.78, 5) is 32.8. The Kier molecular flexibility index (Phi) is 3.89. The Morgan fingerprint density at radius 1 is 1.16 bits per heavy atom. The largest absolute Gasteiger partial charge is 0.338 e. The van der Waals surface area contributed by atoms with Crippen LogP contribution in [0.4, 0.5) is 0 Å². The lowest BCUT2D eigenvalue weighted by atomic mass is 10.1. The zero-order valence-corrected chi connectivity index (χ0v) is 13.4. The summed E-state index contributed by atoms with van der Waals surface area (Å²) in [5.41, 5.74) is 1.12. The number of carbonyl (C=O) groups excluding carboxylic acids is 1. The second kappa shape index (κ2) is 6.35. The molecule has 0 spiro atoms. The van der Waals surface area contributed by atoms with Crippen molar-refractivity contribution in [1.82, 2.24) is 20.0 Å². The molecule has 3 aromatic rings. The van der Waals surface area contributed by atoms with E-state index in [1.165, 1.54) is 0 Å². The van der Waals surface area contributed by atoms with Crippen molar-refractivity contribution in [3.05, 3.63) is 70.4 Å². The van der Waals surface area contributed by atoms with Crippen LogP contribution in [0, 0.1) is 0 Å². The van der Waals surface area contributed by atoms with Crippen LogP contribution in [0.15, 0.2) is 58.0 Å². The molecule has 1 unspecified atom stereocenters. The van der Waals surface area contributed by atoms with Gasteiger partial charge in [0.2, 0.25) is 5.91 Å². The molecule has 0 radical (unpaired) electrons. The van der Waals surface area contributed by atoms with Crippen LogP contribution in [0.1, 0.15) is 23.7 Å². The maximum Gasteiger partial charge on any atom is 0.263 e. The van der Waals surface area contributed by atoms with Crippen molar-refractivity contribution in [2.45, 2.75) is 18.9 Å². The number of likely N-dealkylation sites (tertiary alicyclic amines) is 1. The summed E-state index contributed by atoms with van der Waals surface area (Å²) in [7, 11) is 0. The van der Waals surface area contributed by atoms with Gasteiger partial charge in [0.1, 0.15) is 5.56 Å². The van der Waals surface area contributed by atoms with E-state index in [-0.39, 0.29) is 23.3 Å². The molecular formula is C18H16N4O3. The van der Waals surface area contributed by atoms with Crippen LogP contribution in [-0.4, -0.2) is 32.5 Å². The van der Waals surface area contributed by atoms with Crippen LogP contribution in [0.25, 0.3) is 11.5 Å². The minimum Gasteiger partial charge on any atom is -0.338 e. The fraction of sp³-hybridized carbons (Fsp3) is 0.222. The van der Waals surface area contributed by atoms with E-state index in [0.717, 1.165) is 5.56 Å². The highest BCUT2D eigenvalue weighted by molar-refractivity contribution is 5.79. The third-order valence-corrected chi connectivity index (χ3v) is 4.29. The molecule has 1 fully saturated rings. The van der Waals surface area contributed by atoms with Crippen LogP contribution < -0.4 is 5.56 Å². The molecule has 1 aliphatic heterocycles. The lowest BCUT2D eigenvalue weighted by Gasteiger charge is -2.15. The van der Waals surface area contributed by atoms with Gasteiger partial charge in [-0.05, 0) is 17.7 Å². The normalized spacial score (nSPS) is 17.2. The van der Waals surface area contributed by atoms with E-state index in [1.54, 1.807) is 23.2 Å². The number of nitrogens with zero attached hydrogens (tertiary/aromatic N) is 3. The summed E-state index contributed by atoms with van der Waals surface area (Å²) in [6, 6.07) is 13.2. The maximum atomic E-state index is 12.3. The lowest BCUT2D eigenvalue weighted by Crippen LogP contribution is -2.24. The Labute approximate surface area is 143 Å². The molecule has 0 bridgehead atoms. The first-order chi connectivity index (χ1) is 12.2. The van der Waals surface area contributed by atoms with Crippen molar-refractivity contribution in [1.29, 1.82) is 0 Å². The molecule has 25 heavy (non-hydrogen) atoms. The van der Waals surface area contributed by atoms with Crippen LogP contribution in [-0.2, 0) is 11.3 Å². The zero-order valence-electron chi connectivity index (χ0n) is 13.4. The second-order valence-corrected chi connectivity index (χ2v) is 6.03. The van der Waals surface area contributed by atoms with Gasteiger partial charge in [0, 0.05) is 31.6 Å². The van der Waals surface area contributed by atoms with E-state index in [0.29, 0.717) is 30.9 Å². The number of carbonyl (C=O) groups is 1. The fourth-order valence-corrected chi connectivity index (χ4v) is 3.00. The van der Waals surface area contributed by atoms with E-state index in [4.69, 9.17) is 4.52 Å². The van der Waals surface area contributed by atoms with E-state index >= 15 is 0 Å². The minimum atomic E-state index is -0.286. The van der Waals surface area contributed by atoms with Crippen LogP contribution >= 0.6 is 0 Å². The van der Waals surface area contributed by atoms with Gasteiger partial charge in [-0.15, -0.1) is 0 Å². The predicted octanol–water partition coefficient (Wildman–Crippen LogP) is 1.94. The third kappa shape index (κ3) is 3.08. The molecule has 0 aliphatic carbocycles. The summed E-state index contributed by atoms with van der Waals surface area (Å²) in [5.74, 6) is 0.572. The smallest absolute Gasteiger partial charge is 0.263 e. The summed E-state index contributed by atoms with van der Waals surface area (Å²) >= 11 is 0. The number of pyridine rings is 1. The Morgan fingerprint density at radius 2 is 2.00 bits per heavy atom. The fourth-order valence-electron chi connectivity index (χ4n) is 3.00. The number of hydrogen-bond acceptors (Lipinski definition) is 5. The Hall–Kier alpha value is -3.22. The van der Waals surface area contributed by atoms with Crippen molar-refractivity contribution in [3.63, 3.8) is 0 Å². The van der Waals surface area contributed by atoms with Crippen molar-refractivity contribution >= 4 is 5.91 Å². The van der Waals surface area contributed by atoms with Crippen molar-refractivity contribution < 1.29 is 9.32 Å². The van der Waals surface area contributed by atoms with Gasteiger partial charge in [-0.25, -0.2) is 0 Å². The Balaban J connectivity index is 1.51. The molecule has 1 saturated heterocycles. The standard InChI is InChI=1S/C18H16N4O3/c23-15-9-13(11-22(15)10-12-5-2-1-3-6-12)16-20-18(25-21-16)14-7-4-8-19-17(14)24/h1-8,13H,9-11H2,(H,19,24). The van der Waals surface area contributed by atoms with Gasteiger partial charge in [-0.1, -0.05) is 35.5 Å². The van der Waals surface area contributed by atoms with Crippen LogP contribution in [0.3, 0.4) is 0 Å². The second-order valence-electron chi connectivity index (χ2n) is 6.03. The molecule has 3 heterocycles. The van der Waals surface area contributed by atoms with Crippen molar-refractivity contribution in [3.8, 4) is 11.5 Å². The number of aromatic nitrogens is 3. The van der Waals surface area contributed by atoms with Gasteiger partial charge in [0.05, 0.1) is 0 Å². The molecule has 1 atom stereocenters. The molecule has 7 heteroatoms. The summed E-state index contributed by atoms with van der Waals surface area (Å²) in [6.07, 6.45) is 1.89. The van der Waals surface area contributed by atoms with Gasteiger partial charge in [-0.3, -0.25) is 9.59 Å². The highest BCUT2D eigenvalue weighted by Crippen LogP contribution is 2.28. The van der Waals surface area contributed by atoms with Crippen molar-refractivity contribution in [2.24, 2.45) is 0 Å². The first-order valence-corrected chi connectivity index (χ1v) is 8.04. The van der Waals surface area contributed by atoms with Gasteiger partial charge in [0.15, 0.2) is 5.82 Å². The predicted molar refractivity (Wildman–Crippen MR) is 89.6 cm³/mol. The van der Waals surface area contributed by atoms with Gasteiger partial charge >= 0.3 is 0 Å². The first kappa shape index (κ1) is 15.3. The molecule has 4 rings (SSSR count). The van der Waals surface area contributed by atoms with Gasteiger partial charge in [-0.2, -0.15) is 4.98 Å². The topological polar surface area (TPSA) is 92.1 Å². The number of benzene rings is 1. The molecule has 0 saturated carbocycles. The van der Waals surface area contributed by atoms with Crippen molar-refractivity contribution in [2.75, 3.05) is 6.54 Å². The molecule has 1 aliphatic rings. The number of amides is 1. The number of hydrogen-bond donors (Lipinski definition) is 1. The average molecular weight is 336 g/mol.